The number of rotatable bonds is 7. The first-order valence-electron chi connectivity index (χ1n) is 14.9. The number of carbonyl (C=O) groups excluding carboxylic acids is 2. The lowest BCUT2D eigenvalue weighted by Crippen LogP contribution is -2.61. The van der Waals surface area contributed by atoms with Crippen molar-refractivity contribution in [1.82, 2.24) is 15.6 Å². The second-order valence-corrected chi connectivity index (χ2v) is 14.2. The topological polar surface area (TPSA) is 101 Å². The maximum atomic E-state index is 13.9. The van der Waals surface area contributed by atoms with Crippen LogP contribution in [0.1, 0.15) is 99.5 Å². The highest BCUT2D eigenvalue weighted by Crippen LogP contribution is 2.55. The summed E-state index contributed by atoms with van der Waals surface area (Å²) in [6, 6.07) is 4.08. The summed E-state index contributed by atoms with van der Waals surface area (Å²) in [7, 11) is 1.44. The minimum atomic E-state index is -0.509. The SMILES string of the molecule is COC(=O)C[C@@]1(c2ccc(C(=O)NC3C4CC5CC3CC(O)(C5)C4)c(SC3CCCCC3)n2)CCCNC1. The zero-order valence-corrected chi connectivity index (χ0v) is 23.5. The molecule has 5 saturated carbocycles. The fourth-order valence-corrected chi connectivity index (χ4v) is 9.89. The Balaban J connectivity index is 1.28. The van der Waals surface area contributed by atoms with Crippen molar-refractivity contribution in [2.45, 2.75) is 111 Å². The van der Waals surface area contributed by atoms with Gasteiger partial charge in [0.05, 0.1) is 24.7 Å². The number of hydrogen-bond acceptors (Lipinski definition) is 7. The molecule has 1 amide bonds. The van der Waals surface area contributed by atoms with Gasteiger partial charge in [-0.1, -0.05) is 19.3 Å². The summed E-state index contributed by atoms with van der Waals surface area (Å²) in [4.78, 5) is 31.5. The Hall–Kier alpha value is -1.64. The second-order valence-electron chi connectivity index (χ2n) is 12.9. The monoisotopic (exact) mass is 541 g/mol. The fraction of sp³-hybridized carbons (Fsp3) is 0.767. The van der Waals surface area contributed by atoms with E-state index in [9.17, 15) is 14.7 Å². The van der Waals surface area contributed by atoms with Gasteiger partial charge in [-0.15, -0.1) is 11.8 Å². The lowest BCUT2D eigenvalue weighted by atomic mass is 9.52. The van der Waals surface area contributed by atoms with Crippen molar-refractivity contribution in [2.75, 3.05) is 20.2 Å². The van der Waals surface area contributed by atoms with E-state index in [1.807, 2.05) is 12.1 Å². The van der Waals surface area contributed by atoms with Crippen molar-refractivity contribution in [1.29, 1.82) is 0 Å². The van der Waals surface area contributed by atoms with Gasteiger partial charge in [0.15, 0.2) is 0 Å². The zero-order chi connectivity index (χ0) is 26.3. The summed E-state index contributed by atoms with van der Waals surface area (Å²) in [5.41, 5.74) is 0.625. The minimum Gasteiger partial charge on any atom is -0.469 e. The van der Waals surface area contributed by atoms with Crippen molar-refractivity contribution >= 4 is 23.6 Å². The van der Waals surface area contributed by atoms with Gasteiger partial charge in [0.25, 0.3) is 5.91 Å². The standard InChI is InChI=1S/C30H43N3O4S/c1-37-25(34)17-29(10-5-11-31-18-29)24-9-8-23(28(32-24)38-22-6-3-2-4-7-22)27(35)33-26-20-12-19-13-21(26)16-30(36,14-19)15-20/h8-9,19-22,26,31,36H,2-7,10-18H2,1H3,(H,33,35)/t19?,20?,21?,26?,29-,30?/m0/s1. The van der Waals surface area contributed by atoms with Gasteiger partial charge in [0.2, 0.25) is 0 Å². The number of pyridine rings is 1. The molecule has 0 radical (unpaired) electrons. The van der Waals surface area contributed by atoms with Crippen LogP contribution in [0.3, 0.4) is 0 Å². The molecule has 5 aliphatic carbocycles. The van der Waals surface area contributed by atoms with Gasteiger partial charge in [-0.25, -0.2) is 4.98 Å². The van der Waals surface area contributed by atoms with E-state index in [1.54, 1.807) is 11.8 Å². The Bertz CT molecular complexity index is 1040. The summed E-state index contributed by atoms with van der Waals surface area (Å²) in [6.07, 6.45) is 13.0. The first-order chi connectivity index (χ1) is 18.4. The smallest absolute Gasteiger partial charge is 0.306 e. The van der Waals surface area contributed by atoms with E-state index < -0.39 is 11.0 Å². The molecule has 208 valence electrons. The number of esters is 1. The lowest BCUT2D eigenvalue weighted by Gasteiger charge is -2.58. The number of aromatic nitrogens is 1. The third-order valence-electron chi connectivity index (χ3n) is 10.2. The summed E-state index contributed by atoms with van der Waals surface area (Å²) in [5, 5.41) is 19.2. The van der Waals surface area contributed by atoms with E-state index >= 15 is 0 Å². The molecule has 8 heteroatoms. The van der Waals surface area contributed by atoms with Crippen LogP contribution < -0.4 is 10.6 Å². The second kappa shape index (κ2) is 10.7. The van der Waals surface area contributed by atoms with Crippen LogP contribution >= 0.6 is 11.8 Å². The number of ether oxygens (including phenoxy) is 1. The molecule has 1 saturated heterocycles. The van der Waals surface area contributed by atoms with E-state index in [1.165, 1.54) is 26.4 Å². The molecule has 1 aliphatic heterocycles. The molecule has 2 heterocycles. The number of amides is 1. The molecule has 7 nitrogen and oxygen atoms in total. The van der Waals surface area contributed by atoms with Gasteiger partial charge in [-0.3, -0.25) is 9.59 Å². The molecule has 1 aromatic rings. The number of methoxy groups -OCH3 is 1. The summed E-state index contributed by atoms with van der Waals surface area (Å²) in [5.74, 6) is 1.10. The Kier molecular flexibility index (Phi) is 7.51. The molecule has 6 aliphatic rings. The van der Waals surface area contributed by atoms with Crippen LogP contribution in [-0.2, 0) is 14.9 Å². The molecule has 1 aromatic heterocycles. The third-order valence-corrected chi connectivity index (χ3v) is 11.5. The Morgan fingerprint density at radius 3 is 2.55 bits per heavy atom. The largest absolute Gasteiger partial charge is 0.469 e. The van der Waals surface area contributed by atoms with Gasteiger partial charge in [0, 0.05) is 28.9 Å². The third kappa shape index (κ3) is 5.25. The van der Waals surface area contributed by atoms with Crippen molar-refractivity contribution in [2.24, 2.45) is 17.8 Å². The van der Waals surface area contributed by atoms with Crippen LogP contribution in [0.5, 0.6) is 0 Å². The number of nitrogens with one attached hydrogen (secondary N) is 2. The molecule has 2 unspecified atom stereocenters. The average Bonchev–Trinajstić information content (AvgIpc) is 2.90. The van der Waals surface area contributed by atoms with Crippen molar-refractivity contribution in [3.63, 3.8) is 0 Å². The normalized spacial score (nSPS) is 36.7. The lowest BCUT2D eigenvalue weighted by molar-refractivity contribution is -0.142. The molecule has 0 aromatic carbocycles. The highest BCUT2D eigenvalue weighted by atomic mass is 32.2. The number of thioether (sulfide) groups is 1. The van der Waals surface area contributed by atoms with Crippen LogP contribution in [0.2, 0.25) is 0 Å². The molecular formula is C30H43N3O4S. The number of hydrogen-bond donors (Lipinski definition) is 3. The zero-order valence-electron chi connectivity index (χ0n) is 22.7. The van der Waals surface area contributed by atoms with Crippen molar-refractivity contribution in [3.8, 4) is 0 Å². The quantitative estimate of drug-likeness (QED) is 0.441. The van der Waals surface area contributed by atoms with Gasteiger partial charge in [0.1, 0.15) is 5.03 Å². The molecule has 3 atom stereocenters. The molecule has 38 heavy (non-hydrogen) atoms. The number of carbonyl (C=O) groups is 2. The van der Waals surface area contributed by atoms with Crippen LogP contribution in [0.4, 0.5) is 0 Å². The maximum absolute atomic E-state index is 13.9. The highest BCUT2D eigenvalue weighted by molar-refractivity contribution is 7.99. The highest BCUT2D eigenvalue weighted by Gasteiger charge is 2.55. The van der Waals surface area contributed by atoms with Crippen LogP contribution in [0.25, 0.3) is 0 Å². The van der Waals surface area contributed by atoms with Crippen LogP contribution in [0, 0.1) is 17.8 Å². The van der Waals surface area contributed by atoms with E-state index in [0.29, 0.717) is 35.1 Å². The minimum absolute atomic E-state index is 0.0318. The first-order valence-corrected chi connectivity index (χ1v) is 15.7. The Morgan fingerprint density at radius 1 is 1.13 bits per heavy atom. The van der Waals surface area contributed by atoms with E-state index in [-0.39, 0.29) is 24.3 Å². The maximum Gasteiger partial charge on any atom is 0.306 e. The fourth-order valence-electron chi connectivity index (χ4n) is 8.56. The van der Waals surface area contributed by atoms with Crippen LogP contribution in [0.15, 0.2) is 17.2 Å². The predicted molar refractivity (Wildman–Crippen MR) is 147 cm³/mol. The van der Waals surface area contributed by atoms with Gasteiger partial charge in [-0.05, 0) is 94.2 Å². The number of aliphatic hydroxyl groups is 1. The van der Waals surface area contributed by atoms with Crippen LogP contribution in [-0.4, -0.2) is 59.1 Å². The summed E-state index contributed by atoms with van der Waals surface area (Å²) < 4.78 is 5.07. The molecule has 4 bridgehead atoms. The molecule has 7 rings (SSSR count). The van der Waals surface area contributed by atoms with E-state index in [0.717, 1.165) is 75.1 Å². The summed E-state index contributed by atoms with van der Waals surface area (Å²) >= 11 is 1.76. The molecule has 6 fully saturated rings. The Labute approximate surface area is 230 Å². The predicted octanol–water partition coefficient (Wildman–Crippen LogP) is 4.36. The van der Waals surface area contributed by atoms with E-state index in [2.05, 4.69) is 10.6 Å². The van der Waals surface area contributed by atoms with Gasteiger partial charge < -0.3 is 20.5 Å². The van der Waals surface area contributed by atoms with Gasteiger partial charge in [-0.2, -0.15) is 0 Å². The van der Waals surface area contributed by atoms with Crippen molar-refractivity contribution in [3.05, 3.63) is 23.4 Å². The van der Waals surface area contributed by atoms with Crippen molar-refractivity contribution < 1.29 is 19.4 Å². The average molecular weight is 542 g/mol. The number of piperidine rings is 1. The summed E-state index contributed by atoms with van der Waals surface area (Å²) in [6.45, 7) is 1.62. The molecule has 0 spiro atoms. The first kappa shape index (κ1) is 26.6. The molecule has 3 N–H and O–H groups in total. The molecular weight excluding hydrogens is 498 g/mol. The number of nitrogens with zero attached hydrogens (tertiary/aromatic N) is 1. The van der Waals surface area contributed by atoms with Gasteiger partial charge >= 0.3 is 5.97 Å². The van der Waals surface area contributed by atoms with E-state index in [4.69, 9.17) is 9.72 Å². The Morgan fingerprint density at radius 2 is 1.89 bits per heavy atom.